The Labute approximate surface area is 368 Å². The SMILES string of the molecule is CC\C=C/C=C\C=C/C=C\CCCCCC(=O)OC(COC(=O)CCCCC/C=C\C=C/CCCCCCCCC)COC(=O)CCCCCCC\C=C/C=C\C=C/CC. The van der Waals surface area contributed by atoms with Gasteiger partial charge in [-0.3, -0.25) is 14.4 Å². The first-order chi connectivity index (χ1) is 29.5. The maximum atomic E-state index is 12.7. The summed E-state index contributed by atoms with van der Waals surface area (Å²) in [5.41, 5.74) is 0. The normalized spacial score (nSPS) is 13.1. The van der Waals surface area contributed by atoms with Crippen molar-refractivity contribution >= 4 is 17.9 Å². The number of carbonyl (C=O) groups is 3. The molecule has 0 aliphatic heterocycles. The zero-order valence-electron chi connectivity index (χ0n) is 38.4. The molecule has 60 heavy (non-hydrogen) atoms. The second-order valence-electron chi connectivity index (χ2n) is 15.4. The van der Waals surface area contributed by atoms with Crippen molar-refractivity contribution in [1.82, 2.24) is 0 Å². The summed E-state index contributed by atoms with van der Waals surface area (Å²) in [7, 11) is 0. The van der Waals surface area contributed by atoms with E-state index in [1.807, 2.05) is 42.5 Å². The van der Waals surface area contributed by atoms with Crippen LogP contribution >= 0.6 is 0 Å². The highest BCUT2D eigenvalue weighted by Crippen LogP contribution is 2.12. The van der Waals surface area contributed by atoms with Gasteiger partial charge in [0.1, 0.15) is 13.2 Å². The van der Waals surface area contributed by atoms with Gasteiger partial charge in [-0.05, 0) is 83.5 Å². The van der Waals surface area contributed by atoms with Crippen molar-refractivity contribution in [2.24, 2.45) is 0 Å². The Bertz CT molecular complexity index is 1280. The van der Waals surface area contributed by atoms with E-state index in [2.05, 4.69) is 87.6 Å². The molecular weight excluding hydrogens is 745 g/mol. The molecule has 0 heterocycles. The summed E-state index contributed by atoms with van der Waals surface area (Å²) >= 11 is 0. The fraction of sp³-hybridized carbons (Fsp3) is 0.611. The predicted octanol–water partition coefficient (Wildman–Crippen LogP) is 15.6. The minimum Gasteiger partial charge on any atom is -0.462 e. The molecule has 0 aliphatic carbocycles. The number of hydrogen-bond donors (Lipinski definition) is 0. The zero-order chi connectivity index (χ0) is 43.7. The minimum atomic E-state index is -0.818. The van der Waals surface area contributed by atoms with Gasteiger partial charge in [-0.1, -0.05) is 201 Å². The molecule has 0 aromatic rings. The summed E-state index contributed by atoms with van der Waals surface area (Å²) in [6.45, 7) is 6.26. The van der Waals surface area contributed by atoms with Crippen LogP contribution in [0.4, 0.5) is 0 Å². The number of unbranched alkanes of at least 4 members (excludes halogenated alkanes) is 18. The van der Waals surface area contributed by atoms with Crippen molar-refractivity contribution in [1.29, 1.82) is 0 Å². The summed E-state index contributed by atoms with van der Waals surface area (Å²) in [6.07, 6.45) is 63.6. The van der Waals surface area contributed by atoms with Crippen LogP contribution in [0.15, 0.2) is 109 Å². The first-order valence-corrected chi connectivity index (χ1v) is 24.0. The van der Waals surface area contributed by atoms with Crippen molar-refractivity contribution in [2.45, 2.75) is 200 Å². The molecule has 0 bridgehead atoms. The summed E-state index contributed by atoms with van der Waals surface area (Å²) in [5, 5.41) is 0. The van der Waals surface area contributed by atoms with E-state index in [1.54, 1.807) is 0 Å². The molecule has 0 aromatic heterocycles. The van der Waals surface area contributed by atoms with Crippen LogP contribution in [0, 0.1) is 0 Å². The standard InChI is InChI=1S/C54H86O6/c1-4-7-10-13-16-19-22-25-26-27-30-32-35-38-41-44-47-53(56)59-50-51(60-54(57)48-45-42-39-36-33-29-24-21-18-15-12-9-6-3)49-58-52(55)46-43-40-37-34-31-28-23-20-17-14-11-8-5-2/h8-9,11-12,14-15,17-18,20-21,23-24,26-27,29-30,32-33,51H,4-7,10,13,16,19,22,25,28,31,34-50H2,1-3H3/b11-8-,12-9-,17-14-,18-15-,23-20-,24-21-,27-26-,32-30-,33-29-. The van der Waals surface area contributed by atoms with Gasteiger partial charge in [0.2, 0.25) is 0 Å². The molecule has 0 rings (SSSR count). The molecule has 0 aliphatic rings. The number of ether oxygens (including phenoxy) is 3. The van der Waals surface area contributed by atoms with Gasteiger partial charge in [-0.25, -0.2) is 0 Å². The Morgan fingerprint density at radius 3 is 1.05 bits per heavy atom. The fourth-order valence-corrected chi connectivity index (χ4v) is 6.09. The lowest BCUT2D eigenvalue weighted by atomic mass is 10.1. The Morgan fingerprint density at radius 1 is 0.350 bits per heavy atom. The zero-order valence-corrected chi connectivity index (χ0v) is 38.4. The third-order valence-corrected chi connectivity index (χ3v) is 9.68. The number of esters is 3. The molecule has 6 nitrogen and oxygen atoms in total. The molecule has 0 N–H and O–H groups in total. The van der Waals surface area contributed by atoms with Crippen LogP contribution in [0.25, 0.3) is 0 Å². The lowest BCUT2D eigenvalue weighted by molar-refractivity contribution is -0.167. The Balaban J connectivity index is 4.53. The van der Waals surface area contributed by atoms with Gasteiger partial charge in [-0.2, -0.15) is 0 Å². The van der Waals surface area contributed by atoms with Crippen LogP contribution in [0.5, 0.6) is 0 Å². The van der Waals surface area contributed by atoms with Gasteiger partial charge in [0.05, 0.1) is 0 Å². The van der Waals surface area contributed by atoms with Crippen LogP contribution in [-0.4, -0.2) is 37.2 Å². The van der Waals surface area contributed by atoms with E-state index in [4.69, 9.17) is 14.2 Å². The molecule has 1 unspecified atom stereocenters. The third-order valence-electron chi connectivity index (χ3n) is 9.68. The maximum Gasteiger partial charge on any atom is 0.306 e. The van der Waals surface area contributed by atoms with E-state index < -0.39 is 6.10 Å². The van der Waals surface area contributed by atoms with Gasteiger partial charge in [0, 0.05) is 19.3 Å². The maximum absolute atomic E-state index is 12.7. The van der Waals surface area contributed by atoms with Crippen molar-refractivity contribution < 1.29 is 28.6 Å². The van der Waals surface area contributed by atoms with Crippen LogP contribution in [-0.2, 0) is 28.6 Å². The molecule has 0 spiro atoms. The second kappa shape index (κ2) is 47.7. The summed E-state index contributed by atoms with van der Waals surface area (Å²) in [5.74, 6) is -1.01. The third kappa shape index (κ3) is 45.2. The average molecular weight is 831 g/mol. The molecule has 338 valence electrons. The van der Waals surface area contributed by atoms with Gasteiger partial charge < -0.3 is 14.2 Å². The molecule has 0 saturated heterocycles. The highest BCUT2D eigenvalue weighted by atomic mass is 16.6. The summed E-state index contributed by atoms with van der Waals surface area (Å²) in [6, 6.07) is 0. The van der Waals surface area contributed by atoms with Gasteiger partial charge in [-0.15, -0.1) is 0 Å². The molecule has 1 atom stereocenters. The Kier molecular flexibility index (Phi) is 44.6. The van der Waals surface area contributed by atoms with Crippen LogP contribution in [0.3, 0.4) is 0 Å². The Hall–Kier alpha value is -3.93. The van der Waals surface area contributed by atoms with Gasteiger partial charge in [0.15, 0.2) is 6.10 Å². The average Bonchev–Trinajstić information content (AvgIpc) is 3.24. The lowest BCUT2D eigenvalue weighted by Crippen LogP contribution is -2.30. The summed E-state index contributed by atoms with van der Waals surface area (Å²) < 4.78 is 16.7. The number of allylic oxidation sites excluding steroid dienone is 18. The van der Waals surface area contributed by atoms with Crippen molar-refractivity contribution in [2.75, 3.05) is 13.2 Å². The molecule has 0 saturated carbocycles. The summed E-state index contributed by atoms with van der Waals surface area (Å²) in [4.78, 5) is 37.8. The smallest absolute Gasteiger partial charge is 0.306 e. The molecule has 6 heteroatoms. The number of hydrogen-bond acceptors (Lipinski definition) is 6. The monoisotopic (exact) mass is 831 g/mol. The minimum absolute atomic E-state index is 0.116. The van der Waals surface area contributed by atoms with E-state index in [-0.39, 0.29) is 37.5 Å². The van der Waals surface area contributed by atoms with Crippen LogP contribution < -0.4 is 0 Å². The predicted molar refractivity (Wildman–Crippen MR) is 256 cm³/mol. The van der Waals surface area contributed by atoms with E-state index >= 15 is 0 Å². The number of rotatable bonds is 41. The molecule has 0 amide bonds. The van der Waals surface area contributed by atoms with Crippen LogP contribution in [0.1, 0.15) is 194 Å². The van der Waals surface area contributed by atoms with Crippen molar-refractivity contribution in [3.05, 3.63) is 109 Å². The first kappa shape index (κ1) is 56.1. The highest BCUT2D eigenvalue weighted by molar-refractivity contribution is 5.71. The quantitative estimate of drug-likeness (QED) is 0.0264. The molecular formula is C54H86O6. The van der Waals surface area contributed by atoms with Crippen molar-refractivity contribution in [3.63, 3.8) is 0 Å². The highest BCUT2D eigenvalue weighted by Gasteiger charge is 2.19. The fourth-order valence-electron chi connectivity index (χ4n) is 6.09. The molecule has 0 aromatic carbocycles. The van der Waals surface area contributed by atoms with Crippen molar-refractivity contribution in [3.8, 4) is 0 Å². The molecule has 0 fully saturated rings. The first-order valence-electron chi connectivity index (χ1n) is 24.0. The Morgan fingerprint density at radius 2 is 0.650 bits per heavy atom. The molecule has 0 radical (unpaired) electrons. The van der Waals surface area contributed by atoms with E-state index in [0.29, 0.717) is 19.3 Å². The van der Waals surface area contributed by atoms with Gasteiger partial charge >= 0.3 is 17.9 Å². The van der Waals surface area contributed by atoms with E-state index in [1.165, 1.54) is 44.9 Å². The van der Waals surface area contributed by atoms with E-state index in [0.717, 1.165) is 103 Å². The topological polar surface area (TPSA) is 78.9 Å². The second-order valence-corrected chi connectivity index (χ2v) is 15.4. The van der Waals surface area contributed by atoms with Crippen LogP contribution in [0.2, 0.25) is 0 Å². The number of carbonyl (C=O) groups excluding carboxylic acids is 3. The van der Waals surface area contributed by atoms with Gasteiger partial charge in [0.25, 0.3) is 0 Å². The largest absolute Gasteiger partial charge is 0.462 e. The lowest BCUT2D eigenvalue weighted by Gasteiger charge is -2.18. The van der Waals surface area contributed by atoms with E-state index in [9.17, 15) is 14.4 Å².